The highest BCUT2D eigenvalue weighted by Gasteiger charge is 2.45. The summed E-state index contributed by atoms with van der Waals surface area (Å²) >= 11 is 0. The van der Waals surface area contributed by atoms with Gasteiger partial charge in [-0.25, -0.2) is 0 Å². The SMILES string of the molecule is N#C[C@]12CCCN=C1N[C@H](Cc1ccccc1)C2. The van der Waals surface area contributed by atoms with Crippen LogP contribution in [-0.4, -0.2) is 18.4 Å². The minimum atomic E-state index is -0.322. The van der Waals surface area contributed by atoms with Crippen molar-refractivity contribution in [2.75, 3.05) is 6.54 Å². The molecule has 2 aliphatic heterocycles. The highest BCUT2D eigenvalue weighted by molar-refractivity contribution is 5.93. The predicted molar refractivity (Wildman–Crippen MR) is 71.3 cm³/mol. The quantitative estimate of drug-likeness (QED) is 0.860. The van der Waals surface area contributed by atoms with Gasteiger partial charge in [0.1, 0.15) is 11.3 Å². The van der Waals surface area contributed by atoms with Gasteiger partial charge in [0, 0.05) is 12.6 Å². The van der Waals surface area contributed by atoms with Crippen LogP contribution >= 0.6 is 0 Å². The third-order valence-corrected chi connectivity index (χ3v) is 3.96. The van der Waals surface area contributed by atoms with Gasteiger partial charge in [-0.3, -0.25) is 4.99 Å². The van der Waals surface area contributed by atoms with E-state index in [1.54, 1.807) is 0 Å². The Labute approximate surface area is 108 Å². The normalized spacial score (nSPS) is 29.9. The number of nitrogens with zero attached hydrogens (tertiary/aromatic N) is 2. The predicted octanol–water partition coefficient (Wildman–Crippen LogP) is 2.29. The van der Waals surface area contributed by atoms with Crippen LogP contribution in [0.1, 0.15) is 24.8 Å². The maximum Gasteiger partial charge on any atom is 0.117 e. The van der Waals surface area contributed by atoms with Gasteiger partial charge >= 0.3 is 0 Å². The van der Waals surface area contributed by atoms with Crippen LogP contribution in [0.2, 0.25) is 0 Å². The molecule has 0 saturated carbocycles. The first-order chi connectivity index (χ1) is 8.82. The van der Waals surface area contributed by atoms with Crippen LogP contribution in [0.3, 0.4) is 0 Å². The van der Waals surface area contributed by atoms with E-state index in [4.69, 9.17) is 0 Å². The number of fused-ring (bicyclic) bond motifs is 1. The van der Waals surface area contributed by atoms with E-state index in [0.717, 1.165) is 38.1 Å². The molecule has 2 atom stereocenters. The Morgan fingerprint density at radius 2 is 2.22 bits per heavy atom. The molecule has 1 saturated heterocycles. The number of nitriles is 1. The zero-order valence-corrected chi connectivity index (χ0v) is 10.4. The lowest BCUT2D eigenvalue weighted by molar-refractivity contribution is 0.432. The molecule has 1 aromatic rings. The summed E-state index contributed by atoms with van der Waals surface area (Å²) in [5, 5.41) is 12.9. The van der Waals surface area contributed by atoms with Crippen LogP contribution in [0.15, 0.2) is 35.3 Å². The molecule has 1 aromatic carbocycles. The van der Waals surface area contributed by atoms with Crippen LogP contribution < -0.4 is 5.32 Å². The van der Waals surface area contributed by atoms with Gasteiger partial charge in [0.25, 0.3) is 0 Å². The second kappa shape index (κ2) is 4.45. The molecule has 0 aliphatic carbocycles. The first-order valence-electron chi connectivity index (χ1n) is 6.59. The number of hydrogen-bond donors (Lipinski definition) is 1. The fourth-order valence-electron chi connectivity index (χ4n) is 3.07. The van der Waals surface area contributed by atoms with Crippen LogP contribution in [0.25, 0.3) is 0 Å². The molecule has 0 radical (unpaired) electrons. The van der Waals surface area contributed by atoms with Crippen molar-refractivity contribution >= 4 is 5.84 Å². The molecule has 92 valence electrons. The van der Waals surface area contributed by atoms with Crippen LogP contribution in [-0.2, 0) is 6.42 Å². The highest BCUT2D eigenvalue weighted by Crippen LogP contribution is 2.38. The van der Waals surface area contributed by atoms with E-state index in [9.17, 15) is 5.26 Å². The van der Waals surface area contributed by atoms with Crippen molar-refractivity contribution < 1.29 is 0 Å². The molecule has 0 spiro atoms. The molecule has 3 heteroatoms. The van der Waals surface area contributed by atoms with Crippen molar-refractivity contribution in [2.45, 2.75) is 31.7 Å². The second-order valence-corrected chi connectivity index (χ2v) is 5.26. The van der Waals surface area contributed by atoms with Gasteiger partial charge in [-0.15, -0.1) is 0 Å². The first-order valence-corrected chi connectivity index (χ1v) is 6.59. The van der Waals surface area contributed by atoms with E-state index >= 15 is 0 Å². The van der Waals surface area contributed by atoms with Gasteiger partial charge in [0.05, 0.1) is 6.07 Å². The summed E-state index contributed by atoms with van der Waals surface area (Å²) in [6.07, 6.45) is 3.87. The van der Waals surface area contributed by atoms with E-state index in [-0.39, 0.29) is 5.41 Å². The van der Waals surface area contributed by atoms with Crippen LogP contribution in [0.5, 0.6) is 0 Å². The average Bonchev–Trinajstić information content (AvgIpc) is 2.78. The fourth-order valence-corrected chi connectivity index (χ4v) is 3.07. The summed E-state index contributed by atoms with van der Waals surface area (Å²) in [6, 6.07) is 13.3. The molecule has 3 nitrogen and oxygen atoms in total. The summed E-state index contributed by atoms with van der Waals surface area (Å²) in [5.41, 5.74) is 1.000. The largest absolute Gasteiger partial charge is 0.369 e. The Bertz CT molecular complexity index is 500. The third-order valence-electron chi connectivity index (χ3n) is 3.96. The maximum absolute atomic E-state index is 9.46. The molecule has 0 unspecified atom stereocenters. The number of aliphatic imine (C=N–C) groups is 1. The minimum Gasteiger partial charge on any atom is -0.369 e. The summed E-state index contributed by atoms with van der Waals surface area (Å²) in [4.78, 5) is 4.51. The molecular formula is C15H17N3. The van der Waals surface area contributed by atoms with E-state index in [1.165, 1.54) is 5.56 Å². The van der Waals surface area contributed by atoms with Gasteiger partial charge in [0.2, 0.25) is 0 Å². The van der Waals surface area contributed by atoms with Gasteiger partial charge < -0.3 is 5.32 Å². The Hall–Kier alpha value is -1.82. The van der Waals surface area contributed by atoms with Crippen LogP contribution in [0.4, 0.5) is 0 Å². The molecule has 2 heterocycles. The molecule has 3 rings (SSSR count). The maximum atomic E-state index is 9.46. The molecule has 0 bridgehead atoms. The Morgan fingerprint density at radius 3 is 2.94 bits per heavy atom. The summed E-state index contributed by atoms with van der Waals surface area (Å²) in [5.74, 6) is 0.942. The lowest BCUT2D eigenvalue weighted by Crippen LogP contribution is -2.34. The Balaban J connectivity index is 1.77. The molecular weight excluding hydrogens is 222 g/mol. The summed E-state index contributed by atoms with van der Waals surface area (Å²) in [7, 11) is 0. The standard InChI is InChI=1S/C15H17N3/c16-11-15-7-4-8-17-14(15)18-13(10-15)9-12-5-2-1-3-6-12/h1-3,5-6,13H,4,7-10H2,(H,17,18)/t13-,15-/m1/s1. The van der Waals surface area contributed by atoms with E-state index in [1.807, 2.05) is 6.07 Å². The highest BCUT2D eigenvalue weighted by atomic mass is 15.1. The number of nitrogens with one attached hydrogen (secondary N) is 1. The third kappa shape index (κ3) is 1.88. The van der Waals surface area contributed by atoms with Crippen molar-refractivity contribution in [3.05, 3.63) is 35.9 Å². The van der Waals surface area contributed by atoms with Gasteiger partial charge in [-0.1, -0.05) is 30.3 Å². The van der Waals surface area contributed by atoms with E-state index in [2.05, 4.69) is 40.6 Å². The topological polar surface area (TPSA) is 48.2 Å². The molecule has 1 fully saturated rings. The zero-order chi connectivity index (χ0) is 12.4. The molecule has 0 aromatic heterocycles. The number of rotatable bonds is 2. The zero-order valence-electron chi connectivity index (χ0n) is 10.4. The Morgan fingerprint density at radius 1 is 1.39 bits per heavy atom. The summed E-state index contributed by atoms with van der Waals surface area (Å²) < 4.78 is 0. The Kier molecular flexibility index (Phi) is 2.79. The van der Waals surface area contributed by atoms with Crippen LogP contribution in [0, 0.1) is 16.7 Å². The van der Waals surface area contributed by atoms with Gasteiger partial charge in [-0.05, 0) is 31.2 Å². The smallest absolute Gasteiger partial charge is 0.117 e. The van der Waals surface area contributed by atoms with Crippen molar-refractivity contribution in [3.63, 3.8) is 0 Å². The van der Waals surface area contributed by atoms with E-state index in [0.29, 0.717) is 6.04 Å². The molecule has 18 heavy (non-hydrogen) atoms. The van der Waals surface area contributed by atoms with Crippen molar-refractivity contribution in [3.8, 4) is 6.07 Å². The molecule has 1 N–H and O–H groups in total. The summed E-state index contributed by atoms with van der Waals surface area (Å²) in [6.45, 7) is 0.865. The van der Waals surface area contributed by atoms with E-state index < -0.39 is 0 Å². The monoisotopic (exact) mass is 239 g/mol. The lowest BCUT2D eigenvalue weighted by atomic mass is 9.79. The minimum absolute atomic E-state index is 0.322. The molecule has 0 amide bonds. The second-order valence-electron chi connectivity index (χ2n) is 5.26. The first kappa shape index (κ1) is 11.3. The van der Waals surface area contributed by atoms with Gasteiger partial charge in [0.15, 0.2) is 0 Å². The molecule has 2 aliphatic rings. The van der Waals surface area contributed by atoms with Gasteiger partial charge in [-0.2, -0.15) is 5.26 Å². The number of amidine groups is 1. The fraction of sp³-hybridized carbons (Fsp3) is 0.467. The lowest BCUT2D eigenvalue weighted by Gasteiger charge is -2.23. The average molecular weight is 239 g/mol. The van der Waals surface area contributed by atoms with Crippen molar-refractivity contribution in [1.29, 1.82) is 5.26 Å². The van der Waals surface area contributed by atoms with Crippen molar-refractivity contribution in [1.82, 2.24) is 5.32 Å². The van der Waals surface area contributed by atoms with Crippen molar-refractivity contribution in [2.24, 2.45) is 10.4 Å². The number of hydrogen-bond acceptors (Lipinski definition) is 3. The number of benzene rings is 1.